The predicted molar refractivity (Wildman–Crippen MR) is 124 cm³/mol. The van der Waals surface area contributed by atoms with Gasteiger partial charge in [0.1, 0.15) is 12.2 Å². The molecular formula is C26H28N2O4. The summed E-state index contributed by atoms with van der Waals surface area (Å²) in [6.45, 7) is 7.23. The molecule has 0 aliphatic heterocycles. The average Bonchev–Trinajstić information content (AvgIpc) is 2.76. The zero-order valence-electron chi connectivity index (χ0n) is 18.8. The molecule has 166 valence electrons. The molecule has 0 radical (unpaired) electrons. The Morgan fingerprint density at radius 2 is 1.28 bits per heavy atom. The van der Waals surface area contributed by atoms with Crippen LogP contribution in [0.2, 0.25) is 0 Å². The first-order valence-corrected chi connectivity index (χ1v) is 10.4. The zero-order chi connectivity index (χ0) is 23.1. The molecule has 32 heavy (non-hydrogen) atoms. The minimum Gasteiger partial charge on any atom is -0.443 e. The third-order valence-electron chi connectivity index (χ3n) is 4.42. The Balaban J connectivity index is 2.01. The first-order valence-electron chi connectivity index (χ1n) is 10.4. The summed E-state index contributed by atoms with van der Waals surface area (Å²) >= 11 is 0. The van der Waals surface area contributed by atoms with Crippen molar-refractivity contribution in [3.8, 4) is 0 Å². The molecule has 2 amide bonds. The van der Waals surface area contributed by atoms with E-state index in [4.69, 9.17) is 9.47 Å². The Bertz CT molecular complexity index is 1030. The lowest BCUT2D eigenvalue weighted by Gasteiger charge is -2.35. The molecule has 0 atom stereocenters. The minimum absolute atomic E-state index is 0.0233. The molecule has 0 N–H and O–H groups in total. The van der Waals surface area contributed by atoms with E-state index in [0.29, 0.717) is 11.4 Å². The molecule has 0 unspecified atom stereocenters. The largest absolute Gasteiger partial charge is 0.443 e. The Kier molecular flexibility index (Phi) is 7.15. The van der Waals surface area contributed by atoms with Crippen molar-refractivity contribution in [2.45, 2.75) is 39.9 Å². The number of ether oxygens (including phenoxy) is 2. The fourth-order valence-electron chi connectivity index (χ4n) is 2.96. The molecule has 6 nitrogen and oxygen atoms in total. The maximum Gasteiger partial charge on any atom is 0.439 e. The van der Waals surface area contributed by atoms with E-state index in [1.807, 2.05) is 91.9 Å². The number of hydrogen-bond acceptors (Lipinski definition) is 5. The molecule has 3 aromatic rings. The summed E-state index contributed by atoms with van der Waals surface area (Å²) in [6.07, 6.45) is -1.67. The fourth-order valence-corrected chi connectivity index (χ4v) is 2.96. The highest BCUT2D eigenvalue weighted by molar-refractivity contribution is 5.92. The van der Waals surface area contributed by atoms with E-state index in [-0.39, 0.29) is 6.61 Å². The summed E-state index contributed by atoms with van der Waals surface area (Å²) in [5, 5.41) is 2.40. The number of rotatable bonds is 5. The normalized spacial score (nSPS) is 10.9. The summed E-state index contributed by atoms with van der Waals surface area (Å²) < 4.78 is 11.1. The molecule has 3 aromatic carbocycles. The van der Waals surface area contributed by atoms with Gasteiger partial charge in [-0.3, -0.25) is 0 Å². The number of aryl methyl sites for hydroxylation is 1. The van der Waals surface area contributed by atoms with Crippen molar-refractivity contribution >= 4 is 23.6 Å². The maximum absolute atomic E-state index is 13.3. The van der Waals surface area contributed by atoms with Gasteiger partial charge in [-0.15, -0.1) is 5.01 Å². The number of carbonyl (C=O) groups excluding carboxylic acids is 2. The molecule has 0 fully saturated rings. The highest BCUT2D eigenvalue weighted by atomic mass is 16.6. The Morgan fingerprint density at radius 3 is 1.84 bits per heavy atom. The number of benzene rings is 3. The van der Waals surface area contributed by atoms with Gasteiger partial charge in [0.15, 0.2) is 0 Å². The molecule has 0 aliphatic rings. The maximum atomic E-state index is 13.3. The summed E-state index contributed by atoms with van der Waals surface area (Å²) in [5.41, 5.74) is 2.29. The lowest BCUT2D eigenvalue weighted by Crippen LogP contribution is -2.50. The Morgan fingerprint density at radius 1 is 0.750 bits per heavy atom. The molecular weight excluding hydrogens is 404 g/mol. The fraction of sp³-hybridized carbons (Fsp3) is 0.231. The second-order valence-corrected chi connectivity index (χ2v) is 8.32. The van der Waals surface area contributed by atoms with Crippen molar-refractivity contribution in [1.29, 1.82) is 0 Å². The summed E-state index contributed by atoms with van der Waals surface area (Å²) in [7, 11) is 0. The van der Waals surface area contributed by atoms with Crippen LogP contribution in [-0.4, -0.2) is 22.8 Å². The molecule has 0 spiro atoms. The number of hydrogen-bond donors (Lipinski definition) is 0. The second kappa shape index (κ2) is 10.0. The number of para-hydroxylation sites is 1. The van der Waals surface area contributed by atoms with Gasteiger partial charge in [0.05, 0.1) is 11.4 Å². The van der Waals surface area contributed by atoms with Crippen LogP contribution in [0.15, 0.2) is 84.9 Å². The van der Waals surface area contributed by atoms with Gasteiger partial charge in [-0.25, -0.2) is 14.6 Å². The van der Waals surface area contributed by atoms with E-state index < -0.39 is 17.8 Å². The summed E-state index contributed by atoms with van der Waals surface area (Å²) in [6, 6.07) is 25.9. The molecule has 0 heterocycles. The zero-order valence-corrected chi connectivity index (χ0v) is 18.8. The molecule has 0 aromatic heterocycles. The molecule has 6 heteroatoms. The summed E-state index contributed by atoms with van der Waals surface area (Å²) in [4.78, 5) is 26.5. The Hall–Kier alpha value is -3.80. The number of anilines is 2. The van der Waals surface area contributed by atoms with E-state index in [0.717, 1.165) is 16.1 Å². The van der Waals surface area contributed by atoms with E-state index in [1.54, 1.807) is 20.8 Å². The number of nitrogens with zero attached hydrogens (tertiary/aromatic N) is 2. The van der Waals surface area contributed by atoms with Crippen LogP contribution in [-0.2, 0) is 16.1 Å². The lowest BCUT2D eigenvalue weighted by molar-refractivity contribution is 0.0209. The SMILES string of the molecule is Cc1ccc(N(c2ccccc2)N(C(=O)OCc2ccccc2)C(=O)OC(C)(C)C)cc1. The van der Waals surface area contributed by atoms with Gasteiger partial charge >= 0.3 is 12.2 Å². The van der Waals surface area contributed by atoms with Crippen molar-refractivity contribution in [2.24, 2.45) is 0 Å². The molecule has 0 saturated carbocycles. The van der Waals surface area contributed by atoms with Crippen molar-refractivity contribution in [3.05, 3.63) is 96.1 Å². The first-order chi connectivity index (χ1) is 15.2. The van der Waals surface area contributed by atoms with Crippen LogP contribution < -0.4 is 5.01 Å². The number of amides is 2. The Labute approximate surface area is 189 Å². The van der Waals surface area contributed by atoms with E-state index >= 15 is 0 Å². The van der Waals surface area contributed by atoms with Gasteiger partial charge < -0.3 is 9.47 Å². The van der Waals surface area contributed by atoms with Crippen LogP contribution in [0, 0.1) is 6.92 Å². The quantitative estimate of drug-likeness (QED) is 0.424. The van der Waals surface area contributed by atoms with Crippen LogP contribution in [0.25, 0.3) is 0 Å². The topological polar surface area (TPSA) is 59.1 Å². The molecule has 0 aliphatic carbocycles. The van der Waals surface area contributed by atoms with Gasteiger partial charge in [0.25, 0.3) is 0 Å². The molecule has 3 rings (SSSR count). The van der Waals surface area contributed by atoms with Gasteiger partial charge in [0.2, 0.25) is 0 Å². The van der Waals surface area contributed by atoms with Gasteiger partial charge in [-0.05, 0) is 57.5 Å². The van der Waals surface area contributed by atoms with Crippen molar-refractivity contribution < 1.29 is 19.1 Å². The predicted octanol–water partition coefficient (Wildman–Crippen LogP) is 6.62. The smallest absolute Gasteiger partial charge is 0.439 e. The minimum atomic E-state index is -0.840. The van der Waals surface area contributed by atoms with Crippen molar-refractivity contribution in [3.63, 3.8) is 0 Å². The van der Waals surface area contributed by atoms with Gasteiger partial charge in [0, 0.05) is 0 Å². The van der Waals surface area contributed by atoms with Crippen LogP contribution in [0.4, 0.5) is 21.0 Å². The van der Waals surface area contributed by atoms with Crippen LogP contribution in [0.1, 0.15) is 31.9 Å². The van der Waals surface area contributed by atoms with E-state index in [9.17, 15) is 9.59 Å². The van der Waals surface area contributed by atoms with Crippen molar-refractivity contribution in [2.75, 3.05) is 5.01 Å². The van der Waals surface area contributed by atoms with Crippen LogP contribution in [0.3, 0.4) is 0 Å². The number of imide groups is 1. The monoisotopic (exact) mass is 432 g/mol. The standard InChI is InChI=1S/C26H28N2O4/c1-20-15-17-23(18-16-20)27(22-13-9-6-10-14-22)28(25(30)32-26(2,3)4)24(29)31-19-21-11-7-5-8-12-21/h5-18H,19H2,1-4H3. The highest BCUT2D eigenvalue weighted by Gasteiger charge is 2.35. The van der Waals surface area contributed by atoms with E-state index in [2.05, 4.69) is 0 Å². The van der Waals surface area contributed by atoms with Crippen molar-refractivity contribution in [1.82, 2.24) is 5.01 Å². The third kappa shape index (κ3) is 6.11. The van der Waals surface area contributed by atoms with Gasteiger partial charge in [-0.1, -0.05) is 66.2 Å². The average molecular weight is 433 g/mol. The highest BCUT2D eigenvalue weighted by Crippen LogP contribution is 2.29. The van der Waals surface area contributed by atoms with E-state index in [1.165, 1.54) is 5.01 Å². The number of hydrazine groups is 1. The van der Waals surface area contributed by atoms with Crippen LogP contribution in [0.5, 0.6) is 0 Å². The second-order valence-electron chi connectivity index (χ2n) is 8.32. The molecule has 0 saturated heterocycles. The van der Waals surface area contributed by atoms with Gasteiger partial charge in [-0.2, -0.15) is 0 Å². The third-order valence-corrected chi connectivity index (χ3v) is 4.42. The first kappa shape index (κ1) is 22.9. The summed E-state index contributed by atoms with van der Waals surface area (Å²) in [5.74, 6) is 0. The molecule has 0 bridgehead atoms. The lowest BCUT2D eigenvalue weighted by atomic mass is 10.2. The number of carbonyl (C=O) groups is 2. The van der Waals surface area contributed by atoms with Crippen LogP contribution >= 0.6 is 0 Å².